The quantitative estimate of drug-likeness (QED) is 0.342. The highest BCUT2D eigenvalue weighted by Crippen LogP contribution is 2.29. The second-order valence-corrected chi connectivity index (χ2v) is 10.6. The van der Waals surface area contributed by atoms with Crippen molar-refractivity contribution in [2.75, 3.05) is 17.7 Å². The molecule has 198 valence electrons. The molecule has 0 spiro atoms. The van der Waals surface area contributed by atoms with E-state index in [2.05, 4.69) is 10.3 Å². The number of fused-ring (bicyclic) bond motifs is 1. The lowest BCUT2D eigenvalue weighted by atomic mass is 10.0. The van der Waals surface area contributed by atoms with Crippen LogP contribution in [0.1, 0.15) is 12.0 Å². The summed E-state index contributed by atoms with van der Waals surface area (Å²) in [6.45, 7) is 1.65. The van der Waals surface area contributed by atoms with Crippen molar-refractivity contribution in [2.24, 2.45) is 0 Å². The predicted molar refractivity (Wildman–Crippen MR) is 140 cm³/mol. The number of methoxy groups -OCH3 is 1. The van der Waals surface area contributed by atoms with E-state index in [1.807, 2.05) is 6.92 Å². The molecule has 1 atom stereocenters. The van der Waals surface area contributed by atoms with Gasteiger partial charge in [-0.15, -0.1) is 5.10 Å². The second-order valence-electron chi connectivity index (χ2n) is 8.74. The number of sulfonamides is 1. The van der Waals surface area contributed by atoms with Crippen molar-refractivity contribution in [3.05, 3.63) is 82.4 Å². The molecule has 0 saturated heterocycles. The Kier molecular flexibility index (Phi) is 7.44. The Morgan fingerprint density at radius 3 is 2.39 bits per heavy atom. The zero-order valence-electron chi connectivity index (χ0n) is 20.8. The maximum absolute atomic E-state index is 14.1. The summed E-state index contributed by atoms with van der Waals surface area (Å²) < 4.78 is 46.4. The first-order chi connectivity index (χ1) is 18.0. The number of aromatic nitrogens is 3. The Morgan fingerprint density at radius 2 is 1.79 bits per heavy atom. The minimum absolute atomic E-state index is 0.0864. The Morgan fingerprint density at radius 1 is 1.11 bits per heavy atom. The molecule has 0 radical (unpaired) electrons. The number of nitrogens with zero attached hydrogens (tertiary/aromatic N) is 4. The Balaban J connectivity index is 1.64. The number of aryl methyl sites for hydroxylation is 2. The number of halogens is 1. The average molecular weight is 541 g/mol. The van der Waals surface area contributed by atoms with Crippen LogP contribution < -0.4 is 14.6 Å². The molecular formula is C26H25FN4O6S. The Bertz CT molecular complexity index is 1670. The minimum atomic E-state index is -4.06. The first-order valence-corrected chi connectivity index (χ1v) is 13.3. The van der Waals surface area contributed by atoms with E-state index in [1.165, 1.54) is 31.4 Å². The summed E-state index contributed by atoms with van der Waals surface area (Å²) in [4.78, 5) is 25.1. The van der Waals surface area contributed by atoms with Crippen molar-refractivity contribution in [3.63, 3.8) is 0 Å². The molecule has 4 aromatic rings. The van der Waals surface area contributed by atoms with Crippen LogP contribution in [0.15, 0.2) is 65.5 Å². The highest BCUT2D eigenvalue weighted by Gasteiger charge is 2.33. The number of hydrogen-bond acceptors (Lipinski definition) is 7. The summed E-state index contributed by atoms with van der Waals surface area (Å²) in [5.74, 6) is -1.86. The monoisotopic (exact) mass is 540 g/mol. The Hall–Kier alpha value is -4.32. The van der Waals surface area contributed by atoms with Gasteiger partial charge < -0.3 is 9.84 Å². The molecule has 0 aliphatic heterocycles. The first-order valence-electron chi connectivity index (χ1n) is 11.5. The predicted octanol–water partition coefficient (Wildman–Crippen LogP) is 3.22. The molecule has 0 aliphatic carbocycles. The molecule has 4 rings (SSSR count). The summed E-state index contributed by atoms with van der Waals surface area (Å²) in [5.41, 5.74) is 2.02. The topological polar surface area (TPSA) is 132 Å². The molecule has 0 bridgehead atoms. The molecular weight excluding hydrogens is 515 g/mol. The lowest BCUT2D eigenvalue weighted by Gasteiger charge is -2.29. The lowest BCUT2D eigenvalue weighted by Crippen LogP contribution is -2.46. The van der Waals surface area contributed by atoms with Crippen LogP contribution in [-0.2, 0) is 21.4 Å². The molecule has 1 aromatic heterocycles. The van der Waals surface area contributed by atoms with Gasteiger partial charge in [0.05, 0.1) is 24.4 Å². The summed E-state index contributed by atoms with van der Waals surface area (Å²) in [6.07, 6.45) is 0.653. The molecule has 10 nitrogen and oxygen atoms in total. The number of carboxylic acid groups (broad SMARTS) is 1. The van der Waals surface area contributed by atoms with Crippen LogP contribution in [0.25, 0.3) is 22.0 Å². The second kappa shape index (κ2) is 10.6. The third kappa shape index (κ3) is 5.49. The van der Waals surface area contributed by atoms with Crippen LogP contribution >= 0.6 is 0 Å². The summed E-state index contributed by atoms with van der Waals surface area (Å²) in [5, 5.41) is 18.2. The van der Waals surface area contributed by atoms with E-state index in [9.17, 15) is 27.5 Å². The summed E-state index contributed by atoms with van der Waals surface area (Å²) in [7, 11) is -2.70. The van der Waals surface area contributed by atoms with E-state index in [-0.39, 0.29) is 24.4 Å². The molecule has 3 aromatic carbocycles. The lowest BCUT2D eigenvalue weighted by molar-refractivity contribution is -0.138. The highest BCUT2D eigenvalue weighted by molar-refractivity contribution is 7.92. The van der Waals surface area contributed by atoms with Crippen molar-refractivity contribution < 1.29 is 27.4 Å². The highest BCUT2D eigenvalue weighted by atomic mass is 32.2. The van der Waals surface area contributed by atoms with Gasteiger partial charge in [-0.2, -0.15) is 0 Å². The van der Waals surface area contributed by atoms with Crippen molar-refractivity contribution in [1.29, 1.82) is 0 Å². The van der Waals surface area contributed by atoms with E-state index >= 15 is 0 Å². The van der Waals surface area contributed by atoms with E-state index in [0.717, 1.165) is 20.8 Å². The van der Waals surface area contributed by atoms with E-state index < -0.39 is 33.4 Å². The molecule has 0 amide bonds. The SMILES string of the molecule is COc1ccc(-c2ccc(N([C@H](CCn3nnc4ccc(C)cc4c3=O)C(=O)O)S(C)(=O)=O)cc2)cc1F. The maximum atomic E-state index is 14.1. The molecule has 1 heterocycles. The Labute approximate surface area is 218 Å². The number of benzene rings is 3. The fourth-order valence-corrected chi connectivity index (χ4v) is 5.33. The van der Waals surface area contributed by atoms with Crippen molar-refractivity contribution in [1.82, 2.24) is 15.0 Å². The van der Waals surface area contributed by atoms with Gasteiger partial charge in [-0.05, 0) is 60.9 Å². The van der Waals surface area contributed by atoms with Crippen LogP contribution in [0.2, 0.25) is 0 Å². The standard InChI is InChI=1S/C26H25FN4O6S/c1-16-4-10-22-20(14-16)25(32)30(29-28-22)13-12-23(26(33)34)31(38(3,35)36)19-8-5-17(6-9-19)18-7-11-24(37-2)21(27)15-18/h4-11,14-15,23H,12-13H2,1-3H3,(H,33,34)/t23-/m1/s1. The zero-order valence-corrected chi connectivity index (χ0v) is 21.6. The normalized spacial score (nSPS) is 12.3. The van der Waals surface area contributed by atoms with Gasteiger partial charge in [0, 0.05) is 6.54 Å². The van der Waals surface area contributed by atoms with Crippen LogP contribution in [0.3, 0.4) is 0 Å². The van der Waals surface area contributed by atoms with Crippen molar-refractivity contribution in [2.45, 2.75) is 25.9 Å². The van der Waals surface area contributed by atoms with Gasteiger partial charge in [0.2, 0.25) is 10.0 Å². The molecule has 0 fully saturated rings. The number of anilines is 1. The van der Waals surface area contributed by atoms with Gasteiger partial charge in [-0.1, -0.05) is 35.0 Å². The van der Waals surface area contributed by atoms with Gasteiger partial charge in [-0.3, -0.25) is 9.10 Å². The number of carbonyl (C=O) groups is 1. The maximum Gasteiger partial charge on any atom is 0.327 e. The third-order valence-electron chi connectivity index (χ3n) is 6.02. The largest absolute Gasteiger partial charge is 0.494 e. The van der Waals surface area contributed by atoms with Gasteiger partial charge in [0.15, 0.2) is 11.6 Å². The molecule has 0 saturated carbocycles. The van der Waals surface area contributed by atoms with E-state index in [0.29, 0.717) is 22.0 Å². The van der Waals surface area contributed by atoms with Crippen molar-refractivity contribution >= 4 is 32.6 Å². The number of ether oxygens (including phenoxy) is 1. The van der Waals surface area contributed by atoms with Crippen LogP contribution in [0.5, 0.6) is 5.75 Å². The zero-order chi connectivity index (χ0) is 27.6. The van der Waals surface area contributed by atoms with Gasteiger partial charge in [0.1, 0.15) is 11.6 Å². The van der Waals surface area contributed by atoms with E-state index in [4.69, 9.17) is 4.74 Å². The van der Waals surface area contributed by atoms with Gasteiger partial charge >= 0.3 is 5.97 Å². The van der Waals surface area contributed by atoms with Crippen LogP contribution in [0, 0.1) is 12.7 Å². The molecule has 1 N–H and O–H groups in total. The van der Waals surface area contributed by atoms with Crippen LogP contribution in [-0.4, -0.2) is 53.9 Å². The molecule has 12 heteroatoms. The first kappa shape index (κ1) is 26.7. The minimum Gasteiger partial charge on any atom is -0.494 e. The molecule has 0 aliphatic rings. The van der Waals surface area contributed by atoms with Gasteiger partial charge in [-0.25, -0.2) is 22.3 Å². The number of rotatable bonds is 9. The fraction of sp³-hybridized carbons (Fsp3) is 0.231. The summed E-state index contributed by atoms with van der Waals surface area (Å²) >= 11 is 0. The average Bonchev–Trinajstić information content (AvgIpc) is 2.87. The van der Waals surface area contributed by atoms with Crippen LogP contribution in [0.4, 0.5) is 10.1 Å². The number of carboxylic acids is 1. The molecule has 38 heavy (non-hydrogen) atoms. The number of hydrogen-bond donors (Lipinski definition) is 1. The fourth-order valence-electron chi connectivity index (χ4n) is 4.17. The van der Waals surface area contributed by atoms with E-state index in [1.54, 1.807) is 36.4 Å². The smallest absolute Gasteiger partial charge is 0.327 e. The van der Waals surface area contributed by atoms with Gasteiger partial charge in [0.25, 0.3) is 5.56 Å². The molecule has 0 unspecified atom stereocenters. The number of aliphatic carboxylic acids is 1. The third-order valence-corrected chi connectivity index (χ3v) is 7.20. The van der Waals surface area contributed by atoms with Crippen molar-refractivity contribution in [3.8, 4) is 16.9 Å². The summed E-state index contributed by atoms with van der Waals surface area (Å²) in [6, 6.07) is 14.0.